The van der Waals surface area contributed by atoms with E-state index in [-0.39, 0.29) is 17.0 Å². The zero-order valence-corrected chi connectivity index (χ0v) is 14.4. The van der Waals surface area contributed by atoms with Crippen molar-refractivity contribution in [1.82, 2.24) is 14.3 Å². The molecule has 0 atom stereocenters. The van der Waals surface area contributed by atoms with E-state index in [9.17, 15) is 9.59 Å². The Bertz CT molecular complexity index is 953. The molecule has 23 heavy (non-hydrogen) atoms. The number of nitrogens with zero attached hydrogens (tertiary/aromatic N) is 3. The maximum Gasteiger partial charge on any atom is 0.271 e. The van der Waals surface area contributed by atoms with E-state index < -0.39 is 0 Å². The molecule has 0 radical (unpaired) electrons. The number of likely N-dealkylation sites (tertiary alicyclic amines) is 1. The molecule has 1 aliphatic heterocycles. The van der Waals surface area contributed by atoms with E-state index in [1.54, 1.807) is 11.0 Å². The lowest BCUT2D eigenvalue weighted by molar-refractivity contribution is 0.0790. The van der Waals surface area contributed by atoms with Gasteiger partial charge < -0.3 is 4.90 Å². The summed E-state index contributed by atoms with van der Waals surface area (Å²) in [7, 11) is 0. The number of fused-ring (bicyclic) bond motifs is 1. The highest BCUT2D eigenvalue weighted by Gasteiger charge is 2.24. The molecular weight excluding hydrogens is 354 g/mol. The number of hydrogen-bond donors (Lipinski definition) is 0. The van der Waals surface area contributed by atoms with Crippen LogP contribution < -0.4 is 5.56 Å². The van der Waals surface area contributed by atoms with Crippen molar-refractivity contribution in [1.29, 1.82) is 0 Å². The minimum atomic E-state index is -0.312. The molecule has 0 saturated carbocycles. The summed E-state index contributed by atoms with van der Waals surface area (Å²) in [6.07, 6.45) is 3.38. The van der Waals surface area contributed by atoms with Crippen LogP contribution in [0.15, 0.2) is 28.5 Å². The van der Waals surface area contributed by atoms with E-state index in [2.05, 4.69) is 4.98 Å². The highest BCUT2D eigenvalue weighted by Crippen LogP contribution is 2.32. The first kappa shape index (κ1) is 14.9. The van der Waals surface area contributed by atoms with E-state index >= 15 is 0 Å². The SMILES string of the molecule is O=C(c1cnc2scc(-c3ccc(Cl)s3)n2c1=O)N1CCCC1. The monoisotopic (exact) mass is 365 g/mol. The van der Waals surface area contributed by atoms with Crippen molar-refractivity contribution in [2.75, 3.05) is 13.1 Å². The lowest BCUT2D eigenvalue weighted by Gasteiger charge is -2.14. The number of carbonyl (C=O) groups excluding carboxylic acids is 1. The largest absolute Gasteiger partial charge is 0.338 e. The number of thiazole rings is 1. The number of aromatic nitrogens is 2. The molecule has 0 bridgehead atoms. The van der Waals surface area contributed by atoms with Gasteiger partial charge in [-0.3, -0.25) is 9.59 Å². The van der Waals surface area contributed by atoms with E-state index in [0.717, 1.165) is 23.4 Å². The van der Waals surface area contributed by atoms with Gasteiger partial charge in [-0.1, -0.05) is 11.6 Å². The van der Waals surface area contributed by atoms with Gasteiger partial charge in [-0.2, -0.15) is 0 Å². The summed E-state index contributed by atoms with van der Waals surface area (Å²) in [6.45, 7) is 1.41. The van der Waals surface area contributed by atoms with E-state index in [1.807, 2.05) is 11.4 Å². The molecule has 0 aliphatic carbocycles. The van der Waals surface area contributed by atoms with Crippen molar-refractivity contribution in [2.45, 2.75) is 12.8 Å². The van der Waals surface area contributed by atoms with Gasteiger partial charge in [0.2, 0.25) is 0 Å². The third-order valence-electron chi connectivity index (χ3n) is 3.90. The Labute approximate surface area is 144 Å². The Morgan fingerprint density at radius 3 is 2.74 bits per heavy atom. The molecule has 0 unspecified atom stereocenters. The smallest absolute Gasteiger partial charge is 0.271 e. The van der Waals surface area contributed by atoms with Gasteiger partial charge in [0.15, 0.2) is 4.96 Å². The van der Waals surface area contributed by atoms with Gasteiger partial charge in [0, 0.05) is 24.7 Å². The van der Waals surface area contributed by atoms with Crippen molar-refractivity contribution in [3.8, 4) is 10.6 Å². The normalized spacial score (nSPS) is 14.7. The lowest BCUT2D eigenvalue weighted by atomic mass is 10.3. The number of thiophene rings is 1. The standard InChI is InChI=1S/C15H12ClN3O2S2/c16-12-4-3-11(23-12)10-8-22-15-17-7-9(14(21)19(10)15)13(20)18-5-1-2-6-18/h3-4,7-8H,1-2,5-6H2. The lowest BCUT2D eigenvalue weighted by Crippen LogP contribution is -2.33. The van der Waals surface area contributed by atoms with Crippen molar-refractivity contribution < 1.29 is 4.79 Å². The second kappa shape index (κ2) is 5.74. The van der Waals surface area contributed by atoms with Gasteiger partial charge in [-0.05, 0) is 25.0 Å². The third kappa shape index (κ3) is 2.49. The molecule has 4 heterocycles. The molecule has 1 fully saturated rings. The Hall–Kier alpha value is -1.70. The molecule has 118 valence electrons. The molecule has 0 N–H and O–H groups in total. The number of rotatable bonds is 2. The van der Waals surface area contributed by atoms with E-state index in [4.69, 9.17) is 11.6 Å². The van der Waals surface area contributed by atoms with Crippen molar-refractivity contribution in [2.24, 2.45) is 0 Å². The van der Waals surface area contributed by atoms with Gasteiger partial charge in [0.05, 0.1) is 14.9 Å². The average Bonchev–Trinajstić information content (AvgIpc) is 3.27. The summed E-state index contributed by atoms with van der Waals surface area (Å²) in [5.41, 5.74) is 0.551. The van der Waals surface area contributed by atoms with Crippen LogP contribution in [-0.2, 0) is 0 Å². The highest BCUT2D eigenvalue weighted by molar-refractivity contribution is 7.20. The summed E-state index contributed by atoms with van der Waals surface area (Å²) in [5.74, 6) is -0.226. The molecule has 4 rings (SSSR count). The van der Waals surface area contributed by atoms with Gasteiger partial charge in [0.1, 0.15) is 5.56 Å². The zero-order valence-electron chi connectivity index (χ0n) is 12.0. The number of hydrogen-bond acceptors (Lipinski definition) is 5. The fraction of sp³-hybridized carbons (Fsp3) is 0.267. The number of halogens is 1. The summed E-state index contributed by atoms with van der Waals surface area (Å²) in [6, 6.07) is 3.67. The van der Waals surface area contributed by atoms with Crippen LogP contribution in [0.5, 0.6) is 0 Å². The fourth-order valence-electron chi connectivity index (χ4n) is 2.75. The molecule has 1 aliphatic rings. The Morgan fingerprint density at radius 2 is 2.04 bits per heavy atom. The first-order chi connectivity index (χ1) is 11.1. The minimum absolute atomic E-state index is 0.131. The number of carbonyl (C=O) groups is 1. The second-order valence-corrected chi connectivity index (χ2v) is 7.87. The van der Waals surface area contributed by atoms with Gasteiger partial charge in [-0.15, -0.1) is 22.7 Å². The molecule has 8 heteroatoms. The van der Waals surface area contributed by atoms with Crippen LogP contribution in [0.2, 0.25) is 4.34 Å². The second-order valence-electron chi connectivity index (χ2n) is 5.32. The molecule has 3 aromatic rings. The molecule has 1 amide bonds. The van der Waals surface area contributed by atoms with Gasteiger partial charge in [-0.25, -0.2) is 9.38 Å². The maximum absolute atomic E-state index is 12.8. The average molecular weight is 366 g/mol. The molecule has 5 nitrogen and oxygen atoms in total. The van der Waals surface area contributed by atoms with Crippen LogP contribution in [-0.4, -0.2) is 33.3 Å². The van der Waals surface area contributed by atoms with E-state index in [1.165, 1.54) is 33.3 Å². The summed E-state index contributed by atoms with van der Waals surface area (Å²) in [5, 5.41) is 1.87. The molecule has 3 aromatic heterocycles. The van der Waals surface area contributed by atoms with E-state index in [0.29, 0.717) is 22.4 Å². The topological polar surface area (TPSA) is 54.7 Å². The molecule has 0 spiro atoms. The van der Waals surface area contributed by atoms with Crippen molar-refractivity contribution in [3.63, 3.8) is 0 Å². The maximum atomic E-state index is 12.8. The molecular formula is C15H12ClN3O2S2. The predicted molar refractivity (Wildman–Crippen MR) is 92.8 cm³/mol. The summed E-state index contributed by atoms with van der Waals surface area (Å²) in [4.78, 5) is 32.9. The Morgan fingerprint density at radius 1 is 1.26 bits per heavy atom. The third-order valence-corrected chi connectivity index (χ3v) is 5.99. The van der Waals surface area contributed by atoms with Crippen molar-refractivity contribution >= 4 is 45.1 Å². The number of amides is 1. The van der Waals surface area contributed by atoms with Crippen LogP contribution in [0.1, 0.15) is 23.2 Å². The quantitative estimate of drug-likeness (QED) is 0.699. The van der Waals surface area contributed by atoms with Crippen molar-refractivity contribution in [3.05, 3.63) is 44.0 Å². The highest BCUT2D eigenvalue weighted by atomic mass is 35.5. The Kier molecular flexibility index (Phi) is 3.71. The zero-order chi connectivity index (χ0) is 16.0. The van der Waals surface area contributed by atoms with Gasteiger partial charge in [0.25, 0.3) is 11.5 Å². The predicted octanol–water partition coefficient (Wildman–Crippen LogP) is 3.37. The van der Waals surface area contributed by atoms with Crippen LogP contribution in [0.25, 0.3) is 15.5 Å². The summed E-state index contributed by atoms with van der Waals surface area (Å²) >= 11 is 8.77. The van der Waals surface area contributed by atoms with Crippen LogP contribution in [0.3, 0.4) is 0 Å². The fourth-order valence-corrected chi connectivity index (χ4v) is 4.73. The first-order valence-corrected chi connectivity index (χ1v) is 9.27. The first-order valence-electron chi connectivity index (χ1n) is 7.19. The Balaban J connectivity index is 1.87. The van der Waals surface area contributed by atoms with Gasteiger partial charge >= 0.3 is 0 Å². The van der Waals surface area contributed by atoms with Crippen LogP contribution in [0.4, 0.5) is 0 Å². The van der Waals surface area contributed by atoms with Crippen LogP contribution in [0, 0.1) is 0 Å². The summed E-state index contributed by atoms with van der Waals surface area (Å²) < 4.78 is 2.17. The minimum Gasteiger partial charge on any atom is -0.338 e. The molecule has 0 aromatic carbocycles. The van der Waals surface area contributed by atoms with Crippen LogP contribution >= 0.6 is 34.3 Å². The molecule has 1 saturated heterocycles.